The fourth-order valence-electron chi connectivity index (χ4n) is 1.43. The summed E-state index contributed by atoms with van der Waals surface area (Å²) in [5, 5.41) is 2.72. The Morgan fingerprint density at radius 2 is 1.83 bits per heavy atom. The van der Waals surface area contributed by atoms with Crippen molar-refractivity contribution in [3.05, 3.63) is 29.8 Å². The minimum Gasteiger partial charge on any atom is -0.497 e. The van der Waals surface area contributed by atoms with E-state index in [0.717, 1.165) is 0 Å². The van der Waals surface area contributed by atoms with Crippen molar-refractivity contribution in [2.24, 2.45) is 0 Å². The number of rotatable bonds is 5. The van der Waals surface area contributed by atoms with Gasteiger partial charge in [0.25, 0.3) is 5.91 Å². The topological polar surface area (TPSA) is 64.6 Å². The first-order valence-corrected chi connectivity index (χ1v) is 5.58. The van der Waals surface area contributed by atoms with Crippen molar-refractivity contribution in [1.29, 1.82) is 0 Å². The van der Waals surface area contributed by atoms with Gasteiger partial charge < -0.3 is 14.8 Å². The van der Waals surface area contributed by atoms with E-state index in [4.69, 9.17) is 4.74 Å². The number of benzene rings is 1. The molecule has 0 heterocycles. The third-order valence-corrected chi connectivity index (χ3v) is 2.43. The van der Waals surface area contributed by atoms with Crippen LogP contribution in [0, 0.1) is 0 Å². The van der Waals surface area contributed by atoms with E-state index >= 15 is 0 Å². The Balaban J connectivity index is 2.56. The Morgan fingerprint density at radius 3 is 2.33 bits per heavy atom. The SMILES string of the molecule is COC(=O)C[C@@H](C)NC(=O)c1ccc(OC)cc1. The van der Waals surface area contributed by atoms with Crippen LogP contribution in [0.3, 0.4) is 0 Å². The van der Waals surface area contributed by atoms with Crippen molar-refractivity contribution in [3.63, 3.8) is 0 Å². The number of carbonyl (C=O) groups excluding carboxylic acids is 2. The molecule has 0 radical (unpaired) electrons. The number of hydrogen-bond donors (Lipinski definition) is 1. The average molecular weight is 251 g/mol. The van der Waals surface area contributed by atoms with Gasteiger partial charge in [-0.25, -0.2) is 0 Å². The number of carbonyl (C=O) groups is 2. The minimum absolute atomic E-state index is 0.151. The Bertz CT molecular complexity index is 414. The highest BCUT2D eigenvalue weighted by molar-refractivity contribution is 5.94. The van der Waals surface area contributed by atoms with Crippen LogP contribution in [-0.2, 0) is 9.53 Å². The maximum absolute atomic E-state index is 11.8. The zero-order valence-electron chi connectivity index (χ0n) is 10.7. The van der Waals surface area contributed by atoms with Crippen LogP contribution in [0.15, 0.2) is 24.3 Å². The lowest BCUT2D eigenvalue weighted by atomic mass is 10.1. The fourth-order valence-corrected chi connectivity index (χ4v) is 1.43. The number of ether oxygens (including phenoxy) is 2. The molecule has 18 heavy (non-hydrogen) atoms. The fraction of sp³-hybridized carbons (Fsp3) is 0.385. The molecule has 0 saturated heterocycles. The van der Waals surface area contributed by atoms with E-state index in [9.17, 15) is 9.59 Å². The molecule has 98 valence electrons. The molecule has 0 aliphatic rings. The van der Waals surface area contributed by atoms with Gasteiger partial charge in [-0.3, -0.25) is 9.59 Å². The lowest BCUT2D eigenvalue weighted by Crippen LogP contribution is -2.34. The first-order valence-electron chi connectivity index (χ1n) is 5.58. The number of nitrogens with one attached hydrogen (secondary N) is 1. The van der Waals surface area contributed by atoms with E-state index in [2.05, 4.69) is 10.1 Å². The molecule has 0 saturated carbocycles. The molecule has 0 unspecified atom stereocenters. The number of methoxy groups -OCH3 is 2. The summed E-state index contributed by atoms with van der Waals surface area (Å²) in [6.07, 6.45) is 0.151. The standard InChI is InChI=1S/C13H17NO4/c1-9(8-12(15)18-3)14-13(16)10-4-6-11(17-2)7-5-10/h4-7,9H,8H2,1-3H3,(H,14,16)/t9-/m1/s1. The smallest absolute Gasteiger partial charge is 0.307 e. The minimum atomic E-state index is -0.350. The van der Waals surface area contributed by atoms with Crippen LogP contribution >= 0.6 is 0 Å². The number of hydrogen-bond acceptors (Lipinski definition) is 4. The van der Waals surface area contributed by atoms with Gasteiger partial charge in [-0.05, 0) is 31.2 Å². The molecule has 5 nitrogen and oxygen atoms in total. The average Bonchev–Trinajstić information content (AvgIpc) is 2.38. The van der Waals surface area contributed by atoms with Crippen LogP contribution in [0.1, 0.15) is 23.7 Å². The Kier molecular flexibility index (Phi) is 5.17. The second-order valence-electron chi connectivity index (χ2n) is 3.88. The molecular weight excluding hydrogens is 234 g/mol. The quantitative estimate of drug-likeness (QED) is 0.803. The molecule has 1 N–H and O–H groups in total. The molecule has 0 aromatic heterocycles. The Labute approximate surface area is 106 Å². The van der Waals surface area contributed by atoms with Gasteiger partial charge in [0.15, 0.2) is 0 Å². The second-order valence-corrected chi connectivity index (χ2v) is 3.88. The van der Waals surface area contributed by atoms with Crippen molar-refractivity contribution in [1.82, 2.24) is 5.32 Å². The van der Waals surface area contributed by atoms with Crippen LogP contribution in [0.4, 0.5) is 0 Å². The first kappa shape index (κ1) is 14.0. The second kappa shape index (κ2) is 6.64. The van der Waals surface area contributed by atoms with Gasteiger partial charge in [0.1, 0.15) is 5.75 Å². The van der Waals surface area contributed by atoms with E-state index < -0.39 is 0 Å². The molecule has 5 heteroatoms. The van der Waals surface area contributed by atoms with Crippen LogP contribution < -0.4 is 10.1 Å². The normalized spacial score (nSPS) is 11.5. The summed E-state index contributed by atoms with van der Waals surface area (Å²) in [4.78, 5) is 22.9. The molecule has 0 aliphatic carbocycles. The highest BCUT2D eigenvalue weighted by Gasteiger charge is 2.13. The highest BCUT2D eigenvalue weighted by atomic mass is 16.5. The zero-order chi connectivity index (χ0) is 13.5. The van der Waals surface area contributed by atoms with Crippen molar-refractivity contribution >= 4 is 11.9 Å². The van der Waals surface area contributed by atoms with Gasteiger partial charge in [0.05, 0.1) is 20.6 Å². The molecule has 0 bridgehead atoms. The monoisotopic (exact) mass is 251 g/mol. The summed E-state index contributed by atoms with van der Waals surface area (Å²) < 4.78 is 9.54. The lowest BCUT2D eigenvalue weighted by molar-refractivity contribution is -0.141. The maximum atomic E-state index is 11.8. The highest BCUT2D eigenvalue weighted by Crippen LogP contribution is 2.11. The van der Waals surface area contributed by atoms with E-state index in [-0.39, 0.29) is 24.3 Å². The van der Waals surface area contributed by atoms with Crippen LogP contribution in [0.25, 0.3) is 0 Å². The van der Waals surface area contributed by atoms with E-state index in [1.807, 2.05) is 0 Å². The number of amides is 1. The van der Waals surface area contributed by atoms with Gasteiger partial charge in [0.2, 0.25) is 0 Å². The van der Waals surface area contributed by atoms with E-state index in [1.54, 1.807) is 38.3 Å². The van der Waals surface area contributed by atoms with Crippen LogP contribution in [0.2, 0.25) is 0 Å². The predicted octanol–water partition coefficient (Wildman–Crippen LogP) is 1.38. The van der Waals surface area contributed by atoms with E-state index in [0.29, 0.717) is 11.3 Å². The van der Waals surface area contributed by atoms with Crippen molar-refractivity contribution in [2.75, 3.05) is 14.2 Å². The van der Waals surface area contributed by atoms with E-state index in [1.165, 1.54) is 7.11 Å². The summed E-state index contributed by atoms with van der Waals surface area (Å²) in [6.45, 7) is 1.75. The molecule has 0 spiro atoms. The van der Waals surface area contributed by atoms with Crippen LogP contribution in [0.5, 0.6) is 5.75 Å². The van der Waals surface area contributed by atoms with Gasteiger partial charge in [0, 0.05) is 11.6 Å². The summed E-state index contributed by atoms with van der Waals surface area (Å²) in [5.74, 6) is 0.112. The van der Waals surface area contributed by atoms with Gasteiger partial charge in [-0.2, -0.15) is 0 Å². The summed E-state index contributed by atoms with van der Waals surface area (Å²) in [5.41, 5.74) is 0.521. The molecule has 1 amide bonds. The predicted molar refractivity (Wildman–Crippen MR) is 66.6 cm³/mol. The molecule has 1 aromatic carbocycles. The molecule has 1 aromatic rings. The Hall–Kier alpha value is -2.04. The van der Waals surface area contributed by atoms with Crippen molar-refractivity contribution in [2.45, 2.75) is 19.4 Å². The molecule has 0 fully saturated rings. The summed E-state index contributed by atoms with van der Waals surface area (Å²) in [6, 6.07) is 6.48. The molecule has 0 aliphatic heterocycles. The maximum Gasteiger partial charge on any atom is 0.307 e. The first-order chi connectivity index (χ1) is 8.56. The molecule has 1 atom stereocenters. The third-order valence-electron chi connectivity index (χ3n) is 2.43. The van der Waals surface area contributed by atoms with Crippen LogP contribution in [-0.4, -0.2) is 32.1 Å². The van der Waals surface area contributed by atoms with Gasteiger partial charge in [-0.1, -0.05) is 0 Å². The molecular formula is C13H17NO4. The van der Waals surface area contributed by atoms with Crippen molar-refractivity contribution < 1.29 is 19.1 Å². The largest absolute Gasteiger partial charge is 0.497 e. The summed E-state index contributed by atoms with van der Waals surface area (Å²) in [7, 11) is 2.88. The lowest BCUT2D eigenvalue weighted by Gasteiger charge is -2.12. The third kappa shape index (κ3) is 4.08. The van der Waals surface area contributed by atoms with Gasteiger partial charge >= 0.3 is 5.97 Å². The Morgan fingerprint density at radius 1 is 1.22 bits per heavy atom. The number of esters is 1. The molecule has 1 rings (SSSR count). The summed E-state index contributed by atoms with van der Waals surface area (Å²) >= 11 is 0. The van der Waals surface area contributed by atoms with Gasteiger partial charge in [-0.15, -0.1) is 0 Å². The zero-order valence-corrected chi connectivity index (χ0v) is 10.7. The van der Waals surface area contributed by atoms with Crippen molar-refractivity contribution in [3.8, 4) is 5.75 Å².